The predicted octanol–water partition coefficient (Wildman–Crippen LogP) is 0.759. The van der Waals surface area contributed by atoms with Gasteiger partial charge in [-0.15, -0.1) is 0 Å². The van der Waals surface area contributed by atoms with Crippen molar-refractivity contribution in [2.24, 2.45) is 0 Å². The van der Waals surface area contributed by atoms with Crippen molar-refractivity contribution in [1.29, 1.82) is 0 Å². The van der Waals surface area contributed by atoms with E-state index < -0.39 is 0 Å². The molecule has 2 aliphatic rings. The molecule has 8 heteroatoms. The molecule has 1 aromatic rings. The number of nitrogens with zero attached hydrogens (tertiary/aromatic N) is 3. The third kappa shape index (κ3) is 4.12. The standard InChI is InChI=1S/C15H24N4O2.CH2O2/c1-12(2)19-13(3-6-17-19)14(20)18-9-10-21-15(11-18)4-7-16-8-5-15;2-1-3/h3,6,12,16H,4-5,7-11H2,1-2H3;1H,(H,2,3). The molecule has 1 spiro atoms. The molecule has 0 bridgehead atoms. The van der Waals surface area contributed by atoms with Gasteiger partial charge in [0.15, 0.2) is 0 Å². The van der Waals surface area contributed by atoms with E-state index in [0.29, 0.717) is 25.4 Å². The maximum absolute atomic E-state index is 12.8. The van der Waals surface area contributed by atoms with Crippen LogP contribution in [0, 0.1) is 0 Å². The Bertz CT molecular complexity index is 547. The number of aromatic nitrogens is 2. The van der Waals surface area contributed by atoms with Crippen molar-refractivity contribution in [1.82, 2.24) is 20.0 Å². The number of piperidine rings is 1. The van der Waals surface area contributed by atoms with Crippen LogP contribution in [-0.4, -0.2) is 70.6 Å². The Labute approximate surface area is 141 Å². The Balaban J connectivity index is 0.000000647. The molecule has 2 aliphatic heterocycles. The highest BCUT2D eigenvalue weighted by Crippen LogP contribution is 2.28. The van der Waals surface area contributed by atoms with Gasteiger partial charge in [-0.3, -0.25) is 14.3 Å². The Morgan fingerprint density at radius 1 is 1.46 bits per heavy atom. The van der Waals surface area contributed by atoms with Crippen LogP contribution in [0.5, 0.6) is 0 Å². The lowest BCUT2D eigenvalue weighted by Crippen LogP contribution is -2.57. The van der Waals surface area contributed by atoms with Gasteiger partial charge in [-0.2, -0.15) is 5.10 Å². The zero-order valence-corrected chi connectivity index (χ0v) is 14.3. The lowest BCUT2D eigenvalue weighted by molar-refractivity contribution is -0.122. The first kappa shape index (κ1) is 18.4. The molecule has 2 saturated heterocycles. The van der Waals surface area contributed by atoms with E-state index in [0.717, 1.165) is 25.9 Å². The van der Waals surface area contributed by atoms with Crippen LogP contribution >= 0.6 is 0 Å². The first-order chi connectivity index (χ1) is 11.5. The quantitative estimate of drug-likeness (QED) is 0.773. The number of carbonyl (C=O) groups excluding carboxylic acids is 1. The number of hydrogen-bond acceptors (Lipinski definition) is 5. The Hall–Kier alpha value is -1.93. The molecule has 134 valence electrons. The average Bonchev–Trinajstić information content (AvgIpc) is 3.05. The summed E-state index contributed by atoms with van der Waals surface area (Å²) < 4.78 is 7.82. The molecule has 3 heterocycles. The van der Waals surface area contributed by atoms with Gasteiger partial charge in [-0.1, -0.05) is 0 Å². The summed E-state index contributed by atoms with van der Waals surface area (Å²) in [5, 5.41) is 14.5. The topological polar surface area (TPSA) is 96.7 Å². The number of hydrogen-bond donors (Lipinski definition) is 2. The Morgan fingerprint density at radius 2 is 2.12 bits per heavy atom. The van der Waals surface area contributed by atoms with E-state index in [2.05, 4.69) is 10.4 Å². The number of rotatable bonds is 2. The zero-order chi connectivity index (χ0) is 17.6. The van der Waals surface area contributed by atoms with Crippen molar-refractivity contribution in [2.75, 3.05) is 32.8 Å². The van der Waals surface area contributed by atoms with Gasteiger partial charge in [0.1, 0.15) is 5.69 Å². The summed E-state index contributed by atoms with van der Waals surface area (Å²) in [6.45, 7) is 7.74. The van der Waals surface area contributed by atoms with Gasteiger partial charge in [0.2, 0.25) is 0 Å². The molecule has 1 aromatic heterocycles. The van der Waals surface area contributed by atoms with Crippen molar-refractivity contribution in [3.8, 4) is 0 Å². The van der Waals surface area contributed by atoms with Gasteiger partial charge in [0.25, 0.3) is 12.4 Å². The van der Waals surface area contributed by atoms with Gasteiger partial charge >= 0.3 is 0 Å². The van der Waals surface area contributed by atoms with Crippen LogP contribution in [0.4, 0.5) is 0 Å². The van der Waals surface area contributed by atoms with Gasteiger partial charge < -0.3 is 20.1 Å². The van der Waals surface area contributed by atoms with E-state index in [-0.39, 0.29) is 24.0 Å². The minimum Gasteiger partial charge on any atom is -0.483 e. The summed E-state index contributed by atoms with van der Waals surface area (Å²) in [4.78, 5) is 23.1. The summed E-state index contributed by atoms with van der Waals surface area (Å²) in [6.07, 6.45) is 3.65. The lowest BCUT2D eigenvalue weighted by atomic mass is 9.90. The number of amides is 1. The first-order valence-corrected chi connectivity index (χ1v) is 8.28. The monoisotopic (exact) mass is 338 g/mol. The van der Waals surface area contributed by atoms with Crippen LogP contribution in [0.25, 0.3) is 0 Å². The number of carbonyl (C=O) groups is 2. The van der Waals surface area contributed by atoms with Crippen molar-refractivity contribution in [2.45, 2.75) is 38.3 Å². The molecule has 0 unspecified atom stereocenters. The van der Waals surface area contributed by atoms with E-state index in [1.165, 1.54) is 0 Å². The number of morpholine rings is 1. The van der Waals surface area contributed by atoms with Crippen molar-refractivity contribution in [3.05, 3.63) is 18.0 Å². The van der Waals surface area contributed by atoms with Crippen molar-refractivity contribution >= 4 is 12.4 Å². The Morgan fingerprint density at radius 3 is 2.75 bits per heavy atom. The summed E-state index contributed by atoms with van der Waals surface area (Å²) >= 11 is 0. The fourth-order valence-electron chi connectivity index (χ4n) is 3.26. The smallest absolute Gasteiger partial charge is 0.290 e. The third-order valence-electron chi connectivity index (χ3n) is 4.43. The van der Waals surface area contributed by atoms with Crippen LogP contribution in [0.3, 0.4) is 0 Å². The minimum atomic E-state index is -0.250. The molecule has 24 heavy (non-hydrogen) atoms. The van der Waals surface area contributed by atoms with E-state index in [9.17, 15) is 4.79 Å². The van der Waals surface area contributed by atoms with Gasteiger partial charge in [0, 0.05) is 18.8 Å². The molecule has 0 radical (unpaired) electrons. The first-order valence-electron chi connectivity index (χ1n) is 8.28. The van der Waals surface area contributed by atoms with Crippen LogP contribution in [0.1, 0.15) is 43.2 Å². The largest absolute Gasteiger partial charge is 0.483 e. The SMILES string of the molecule is CC(C)n1nccc1C(=O)N1CCOC2(CCNCC2)C1.O=CO. The van der Waals surface area contributed by atoms with E-state index in [4.69, 9.17) is 14.6 Å². The maximum Gasteiger partial charge on any atom is 0.290 e. The summed E-state index contributed by atoms with van der Waals surface area (Å²) in [7, 11) is 0. The molecular weight excluding hydrogens is 312 g/mol. The van der Waals surface area contributed by atoms with E-state index in [1.807, 2.05) is 24.8 Å². The lowest BCUT2D eigenvalue weighted by Gasteiger charge is -2.45. The molecule has 0 atom stereocenters. The molecule has 2 fully saturated rings. The summed E-state index contributed by atoms with van der Waals surface area (Å²) in [5.74, 6) is 0.0717. The molecule has 2 N–H and O–H groups in total. The number of carboxylic acid groups (broad SMARTS) is 1. The predicted molar refractivity (Wildman–Crippen MR) is 88.0 cm³/mol. The van der Waals surface area contributed by atoms with Gasteiger partial charge in [0.05, 0.1) is 18.8 Å². The molecule has 0 saturated carbocycles. The highest BCUT2D eigenvalue weighted by molar-refractivity contribution is 5.92. The second-order valence-electron chi connectivity index (χ2n) is 6.37. The van der Waals surface area contributed by atoms with Crippen molar-refractivity contribution < 1.29 is 19.4 Å². The summed E-state index contributed by atoms with van der Waals surface area (Å²) in [6, 6.07) is 2.00. The molecule has 0 aromatic carbocycles. The van der Waals surface area contributed by atoms with Crippen molar-refractivity contribution in [3.63, 3.8) is 0 Å². The second-order valence-corrected chi connectivity index (χ2v) is 6.37. The van der Waals surface area contributed by atoms with Gasteiger partial charge in [-0.25, -0.2) is 0 Å². The number of ether oxygens (including phenoxy) is 1. The summed E-state index contributed by atoms with van der Waals surface area (Å²) in [5.41, 5.74) is 0.526. The molecule has 0 aliphatic carbocycles. The minimum absolute atomic E-state index is 0.0717. The highest BCUT2D eigenvalue weighted by atomic mass is 16.5. The normalized spacial score (nSPS) is 19.7. The van der Waals surface area contributed by atoms with Crippen LogP contribution in [0.15, 0.2) is 12.3 Å². The molecular formula is C16H26N4O4. The maximum atomic E-state index is 12.8. The van der Waals surface area contributed by atoms with E-state index in [1.54, 1.807) is 10.9 Å². The molecule has 1 amide bonds. The van der Waals surface area contributed by atoms with Crippen LogP contribution < -0.4 is 5.32 Å². The second kappa shape index (κ2) is 8.25. The van der Waals surface area contributed by atoms with E-state index >= 15 is 0 Å². The van der Waals surface area contributed by atoms with Gasteiger partial charge in [-0.05, 0) is 45.8 Å². The number of nitrogens with one attached hydrogen (secondary N) is 1. The van der Waals surface area contributed by atoms with Crippen LogP contribution in [0.2, 0.25) is 0 Å². The third-order valence-corrected chi connectivity index (χ3v) is 4.43. The molecule has 8 nitrogen and oxygen atoms in total. The zero-order valence-electron chi connectivity index (χ0n) is 14.3. The fraction of sp³-hybridized carbons (Fsp3) is 0.688. The average molecular weight is 338 g/mol. The highest BCUT2D eigenvalue weighted by Gasteiger charge is 2.39. The Kier molecular flexibility index (Phi) is 6.33. The molecule has 3 rings (SSSR count). The fourth-order valence-corrected chi connectivity index (χ4v) is 3.26. The van der Waals surface area contributed by atoms with Crippen LogP contribution in [-0.2, 0) is 9.53 Å².